The third-order valence-corrected chi connectivity index (χ3v) is 3.67. The van der Waals surface area contributed by atoms with Crippen molar-refractivity contribution in [3.05, 3.63) is 40.5 Å². The van der Waals surface area contributed by atoms with Crippen LogP contribution in [-0.2, 0) is 0 Å². The van der Waals surface area contributed by atoms with Gasteiger partial charge in [-0.05, 0) is 47.3 Å². The monoisotopic (exact) mass is 321 g/mol. The molecule has 0 radical (unpaired) electrons. The molecule has 1 aromatic carbocycles. The lowest BCUT2D eigenvalue weighted by Gasteiger charge is -2.07. The number of benzene rings is 1. The van der Waals surface area contributed by atoms with Gasteiger partial charge < -0.3 is 5.32 Å². The van der Waals surface area contributed by atoms with E-state index in [0.29, 0.717) is 5.92 Å². The molecule has 0 aliphatic carbocycles. The molecule has 0 spiro atoms. The molecule has 0 unspecified atom stereocenters. The normalized spacial score (nSPS) is 11.0. The van der Waals surface area contributed by atoms with Crippen LogP contribution < -0.4 is 5.32 Å². The molecule has 0 aliphatic rings. The number of aryl methyl sites for hydroxylation is 1. The Balaban J connectivity index is 2.15. The van der Waals surface area contributed by atoms with Crippen molar-refractivity contribution in [2.45, 2.75) is 27.2 Å². The SMILES string of the molecule is Cc1cc(NCCC(C)C)nn1-c1ccccc1Br. The number of nitrogens with one attached hydrogen (secondary N) is 1. The van der Waals surface area contributed by atoms with Crippen LogP contribution in [0.5, 0.6) is 0 Å². The third kappa shape index (κ3) is 3.60. The van der Waals surface area contributed by atoms with Crippen LogP contribution in [0.25, 0.3) is 5.69 Å². The van der Waals surface area contributed by atoms with Gasteiger partial charge in [0.25, 0.3) is 0 Å². The molecule has 0 saturated heterocycles. The van der Waals surface area contributed by atoms with Gasteiger partial charge in [-0.3, -0.25) is 0 Å². The number of nitrogens with zero attached hydrogens (tertiary/aromatic N) is 2. The highest BCUT2D eigenvalue weighted by molar-refractivity contribution is 9.10. The number of para-hydroxylation sites is 1. The molecule has 1 aromatic heterocycles. The number of anilines is 1. The van der Waals surface area contributed by atoms with Crippen LogP contribution >= 0.6 is 15.9 Å². The van der Waals surface area contributed by atoms with Crippen molar-refractivity contribution in [3.63, 3.8) is 0 Å². The Labute approximate surface area is 123 Å². The smallest absolute Gasteiger partial charge is 0.148 e. The molecule has 0 atom stereocenters. The van der Waals surface area contributed by atoms with Gasteiger partial charge in [-0.1, -0.05) is 26.0 Å². The predicted molar refractivity (Wildman–Crippen MR) is 83.9 cm³/mol. The number of hydrogen-bond donors (Lipinski definition) is 1. The Morgan fingerprint density at radius 2 is 2.05 bits per heavy atom. The maximum atomic E-state index is 4.61. The van der Waals surface area contributed by atoms with Crippen molar-refractivity contribution in [1.29, 1.82) is 0 Å². The van der Waals surface area contributed by atoms with E-state index in [4.69, 9.17) is 0 Å². The lowest BCUT2D eigenvalue weighted by atomic mass is 10.1. The predicted octanol–water partition coefficient (Wildman–Crippen LogP) is 4.40. The van der Waals surface area contributed by atoms with Crippen molar-refractivity contribution >= 4 is 21.7 Å². The molecule has 2 rings (SSSR count). The van der Waals surface area contributed by atoms with E-state index >= 15 is 0 Å². The lowest BCUT2D eigenvalue weighted by Crippen LogP contribution is -2.06. The van der Waals surface area contributed by atoms with Crippen LogP contribution in [-0.4, -0.2) is 16.3 Å². The van der Waals surface area contributed by atoms with Gasteiger partial charge in [0.2, 0.25) is 0 Å². The second-order valence-electron chi connectivity index (χ2n) is 5.14. The molecule has 19 heavy (non-hydrogen) atoms. The highest BCUT2D eigenvalue weighted by atomic mass is 79.9. The van der Waals surface area contributed by atoms with Crippen LogP contribution in [0.4, 0.5) is 5.82 Å². The van der Waals surface area contributed by atoms with Gasteiger partial charge in [0.1, 0.15) is 5.82 Å². The average molecular weight is 322 g/mol. The van der Waals surface area contributed by atoms with Gasteiger partial charge in [-0.15, -0.1) is 0 Å². The first-order valence-corrected chi connectivity index (χ1v) is 7.42. The van der Waals surface area contributed by atoms with Crippen molar-refractivity contribution in [2.75, 3.05) is 11.9 Å². The molecule has 0 fully saturated rings. The minimum Gasteiger partial charge on any atom is -0.369 e. The summed E-state index contributed by atoms with van der Waals surface area (Å²) in [6.45, 7) is 7.49. The zero-order valence-electron chi connectivity index (χ0n) is 11.7. The zero-order chi connectivity index (χ0) is 13.8. The maximum absolute atomic E-state index is 4.61. The minimum absolute atomic E-state index is 0.707. The van der Waals surface area contributed by atoms with Crippen molar-refractivity contribution in [3.8, 4) is 5.69 Å². The first kappa shape index (κ1) is 14.1. The maximum Gasteiger partial charge on any atom is 0.148 e. The number of rotatable bonds is 5. The summed E-state index contributed by atoms with van der Waals surface area (Å²) in [5, 5.41) is 7.99. The van der Waals surface area contributed by atoms with Gasteiger partial charge in [0, 0.05) is 22.8 Å². The Morgan fingerprint density at radius 1 is 1.32 bits per heavy atom. The quantitative estimate of drug-likeness (QED) is 0.884. The van der Waals surface area contributed by atoms with E-state index in [-0.39, 0.29) is 0 Å². The van der Waals surface area contributed by atoms with Crippen LogP contribution in [0.3, 0.4) is 0 Å². The molecule has 0 amide bonds. The summed E-state index contributed by atoms with van der Waals surface area (Å²) in [5.41, 5.74) is 2.19. The third-order valence-electron chi connectivity index (χ3n) is 3.00. The second kappa shape index (κ2) is 6.24. The summed E-state index contributed by atoms with van der Waals surface area (Å²) in [4.78, 5) is 0. The molecule has 102 valence electrons. The largest absolute Gasteiger partial charge is 0.369 e. The molecule has 0 saturated carbocycles. The molecule has 4 heteroatoms. The Kier molecular flexibility index (Phi) is 4.64. The fraction of sp³-hybridized carbons (Fsp3) is 0.400. The van der Waals surface area contributed by atoms with Gasteiger partial charge in [0.05, 0.1) is 5.69 Å². The standard InChI is InChI=1S/C15H20BrN3/c1-11(2)8-9-17-15-10-12(3)19(18-15)14-7-5-4-6-13(14)16/h4-7,10-11H,8-9H2,1-3H3,(H,17,18). The van der Waals surface area contributed by atoms with E-state index in [1.54, 1.807) is 0 Å². The van der Waals surface area contributed by atoms with E-state index < -0.39 is 0 Å². The van der Waals surface area contributed by atoms with Crippen molar-refractivity contribution < 1.29 is 0 Å². The molecule has 1 heterocycles. The second-order valence-corrected chi connectivity index (χ2v) is 6.00. The van der Waals surface area contributed by atoms with E-state index in [1.165, 1.54) is 0 Å². The Bertz CT molecular complexity index is 546. The van der Waals surface area contributed by atoms with Gasteiger partial charge in [0.15, 0.2) is 0 Å². The summed E-state index contributed by atoms with van der Waals surface area (Å²) in [7, 11) is 0. The average Bonchev–Trinajstić information content (AvgIpc) is 2.70. The fourth-order valence-corrected chi connectivity index (χ4v) is 2.37. The molecular formula is C15H20BrN3. The Morgan fingerprint density at radius 3 is 2.74 bits per heavy atom. The lowest BCUT2D eigenvalue weighted by molar-refractivity contribution is 0.606. The number of aromatic nitrogens is 2. The molecule has 0 bridgehead atoms. The molecule has 0 aliphatic heterocycles. The van der Waals surface area contributed by atoms with Gasteiger partial charge >= 0.3 is 0 Å². The van der Waals surface area contributed by atoms with Gasteiger partial charge in [-0.2, -0.15) is 5.10 Å². The first-order chi connectivity index (χ1) is 9.08. The fourth-order valence-electron chi connectivity index (χ4n) is 1.92. The highest BCUT2D eigenvalue weighted by Crippen LogP contribution is 2.22. The van der Waals surface area contributed by atoms with E-state index in [1.807, 2.05) is 22.9 Å². The van der Waals surface area contributed by atoms with Gasteiger partial charge in [-0.25, -0.2) is 4.68 Å². The molecule has 2 aromatic rings. The minimum atomic E-state index is 0.707. The van der Waals surface area contributed by atoms with E-state index in [2.05, 4.69) is 59.2 Å². The zero-order valence-corrected chi connectivity index (χ0v) is 13.2. The van der Waals surface area contributed by atoms with Crippen molar-refractivity contribution in [1.82, 2.24) is 9.78 Å². The number of halogens is 1. The number of hydrogen-bond acceptors (Lipinski definition) is 2. The van der Waals surface area contributed by atoms with Crippen molar-refractivity contribution in [2.24, 2.45) is 5.92 Å². The van der Waals surface area contributed by atoms with Crippen LogP contribution in [0.2, 0.25) is 0 Å². The first-order valence-electron chi connectivity index (χ1n) is 6.63. The topological polar surface area (TPSA) is 29.9 Å². The molecule has 3 nitrogen and oxygen atoms in total. The van der Waals surface area contributed by atoms with Crippen LogP contribution in [0, 0.1) is 12.8 Å². The van der Waals surface area contributed by atoms with E-state index in [9.17, 15) is 0 Å². The van der Waals surface area contributed by atoms with Crippen LogP contribution in [0.15, 0.2) is 34.8 Å². The molecule has 1 N–H and O–H groups in total. The summed E-state index contributed by atoms with van der Waals surface area (Å²) < 4.78 is 3.01. The molecular weight excluding hydrogens is 302 g/mol. The summed E-state index contributed by atoms with van der Waals surface area (Å²) in [6, 6.07) is 10.2. The summed E-state index contributed by atoms with van der Waals surface area (Å²) in [5.74, 6) is 1.65. The summed E-state index contributed by atoms with van der Waals surface area (Å²) in [6.07, 6.45) is 1.15. The van der Waals surface area contributed by atoms with Crippen LogP contribution in [0.1, 0.15) is 26.0 Å². The highest BCUT2D eigenvalue weighted by Gasteiger charge is 2.08. The summed E-state index contributed by atoms with van der Waals surface area (Å²) >= 11 is 3.57. The Hall–Kier alpha value is -1.29. The van der Waals surface area contributed by atoms with E-state index in [0.717, 1.165) is 34.6 Å².